The van der Waals surface area contributed by atoms with E-state index in [1.807, 2.05) is 0 Å². The number of hydrogen-bond donors (Lipinski definition) is 1. The first-order valence-corrected chi connectivity index (χ1v) is 6.05. The van der Waals surface area contributed by atoms with E-state index in [4.69, 9.17) is 9.47 Å². The van der Waals surface area contributed by atoms with Crippen LogP contribution in [0.3, 0.4) is 0 Å². The van der Waals surface area contributed by atoms with Crippen LogP contribution in [0, 0.1) is 10.1 Å². The summed E-state index contributed by atoms with van der Waals surface area (Å²) in [5.41, 5.74) is 0.478. The summed E-state index contributed by atoms with van der Waals surface area (Å²) in [6.45, 7) is 1.86. The third-order valence-electron chi connectivity index (χ3n) is 2.28. The highest BCUT2D eigenvalue weighted by Gasteiger charge is 2.15. The second-order valence-corrected chi connectivity index (χ2v) is 3.77. The van der Waals surface area contributed by atoms with Crippen LogP contribution >= 0.6 is 0 Å². The molecule has 1 N–H and O–H groups in total. The van der Waals surface area contributed by atoms with Crippen molar-refractivity contribution in [2.24, 2.45) is 0 Å². The van der Waals surface area contributed by atoms with Gasteiger partial charge in [-0.1, -0.05) is 0 Å². The predicted octanol–water partition coefficient (Wildman–Crippen LogP) is 2.69. The van der Waals surface area contributed by atoms with E-state index < -0.39 is 18.0 Å². The van der Waals surface area contributed by atoms with E-state index >= 15 is 0 Å². The molecule has 0 aliphatic heterocycles. The Morgan fingerprint density at radius 3 is 2.80 bits per heavy atom. The van der Waals surface area contributed by atoms with Gasteiger partial charge in [-0.25, -0.2) is 8.78 Å². The van der Waals surface area contributed by atoms with E-state index in [1.54, 1.807) is 6.92 Å². The third kappa shape index (κ3) is 5.35. The first-order chi connectivity index (χ1) is 9.54. The summed E-state index contributed by atoms with van der Waals surface area (Å²) < 4.78 is 33.5. The second-order valence-electron chi connectivity index (χ2n) is 3.77. The zero-order chi connectivity index (χ0) is 15.0. The number of nitro groups is 1. The van der Waals surface area contributed by atoms with E-state index in [2.05, 4.69) is 5.32 Å². The van der Waals surface area contributed by atoms with Gasteiger partial charge < -0.3 is 14.8 Å². The lowest BCUT2D eigenvalue weighted by Gasteiger charge is -2.09. The molecule has 0 bridgehead atoms. The zero-order valence-corrected chi connectivity index (χ0v) is 11.0. The van der Waals surface area contributed by atoms with Crippen molar-refractivity contribution < 1.29 is 23.2 Å². The fourth-order valence-electron chi connectivity index (χ4n) is 1.49. The molecule has 0 saturated carbocycles. The molecule has 0 aromatic heterocycles. The van der Waals surface area contributed by atoms with Gasteiger partial charge in [0.2, 0.25) is 0 Å². The van der Waals surface area contributed by atoms with E-state index in [0.717, 1.165) is 0 Å². The molecule has 0 atom stereocenters. The van der Waals surface area contributed by atoms with Crippen LogP contribution in [-0.2, 0) is 4.74 Å². The third-order valence-corrected chi connectivity index (χ3v) is 2.28. The summed E-state index contributed by atoms with van der Waals surface area (Å²) in [5, 5.41) is 13.7. The molecule has 112 valence electrons. The highest BCUT2D eigenvalue weighted by molar-refractivity contribution is 5.57. The lowest BCUT2D eigenvalue weighted by atomic mass is 10.2. The van der Waals surface area contributed by atoms with Crippen molar-refractivity contribution in [3.05, 3.63) is 28.3 Å². The van der Waals surface area contributed by atoms with Crippen LogP contribution in [0.25, 0.3) is 0 Å². The largest absolute Gasteiger partial charge is 0.487 e. The molecule has 0 radical (unpaired) electrons. The van der Waals surface area contributed by atoms with Gasteiger partial charge in [-0.2, -0.15) is 0 Å². The number of ether oxygens (including phenoxy) is 2. The summed E-state index contributed by atoms with van der Waals surface area (Å²) in [6, 6.07) is 4.34. The van der Waals surface area contributed by atoms with Crippen LogP contribution < -0.4 is 10.1 Å². The number of benzene rings is 1. The Kier molecular flexibility index (Phi) is 6.65. The van der Waals surface area contributed by atoms with Gasteiger partial charge in [-0.15, -0.1) is 0 Å². The van der Waals surface area contributed by atoms with Crippen molar-refractivity contribution in [3.63, 3.8) is 0 Å². The number of nitrogens with zero attached hydrogens (tertiary/aromatic N) is 1. The summed E-state index contributed by atoms with van der Waals surface area (Å²) in [4.78, 5) is 10.3. The monoisotopic (exact) mass is 290 g/mol. The van der Waals surface area contributed by atoms with Gasteiger partial charge in [0.1, 0.15) is 6.61 Å². The highest BCUT2D eigenvalue weighted by Crippen LogP contribution is 2.29. The molecule has 20 heavy (non-hydrogen) atoms. The Hall–Kier alpha value is -1.96. The fourth-order valence-corrected chi connectivity index (χ4v) is 1.49. The number of halogens is 2. The standard InChI is InChI=1S/C12H16F2N2O4/c1-2-20-11-7-9(3-4-10(11)16(17)18)15-5-6-19-8-12(13)14/h3-4,7,12,15H,2,5-6,8H2,1H3. The molecule has 1 rings (SSSR count). The molecule has 0 aliphatic carbocycles. The summed E-state index contributed by atoms with van der Waals surface area (Å²) in [7, 11) is 0. The number of anilines is 1. The normalized spacial score (nSPS) is 10.6. The van der Waals surface area contributed by atoms with Gasteiger partial charge in [0, 0.05) is 24.4 Å². The van der Waals surface area contributed by atoms with E-state index in [0.29, 0.717) is 18.8 Å². The molecular weight excluding hydrogens is 274 g/mol. The summed E-state index contributed by atoms with van der Waals surface area (Å²) >= 11 is 0. The first kappa shape index (κ1) is 16.1. The van der Waals surface area contributed by atoms with Crippen molar-refractivity contribution in [2.45, 2.75) is 13.3 Å². The van der Waals surface area contributed by atoms with Crippen LogP contribution in [0.15, 0.2) is 18.2 Å². The fraction of sp³-hybridized carbons (Fsp3) is 0.500. The average molecular weight is 290 g/mol. The van der Waals surface area contributed by atoms with Crippen molar-refractivity contribution in [2.75, 3.05) is 31.7 Å². The number of hydrogen-bond acceptors (Lipinski definition) is 5. The Morgan fingerprint density at radius 2 is 2.20 bits per heavy atom. The molecule has 0 amide bonds. The van der Waals surface area contributed by atoms with Gasteiger partial charge in [0.05, 0.1) is 18.1 Å². The molecule has 0 fully saturated rings. The Bertz CT molecular complexity index is 443. The van der Waals surface area contributed by atoms with Crippen LogP contribution in [0.4, 0.5) is 20.2 Å². The van der Waals surface area contributed by atoms with Crippen LogP contribution in [0.2, 0.25) is 0 Å². The maximum absolute atomic E-state index is 11.8. The van der Waals surface area contributed by atoms with Crippen molar-refractivity contribution in [1.29, 1.82) is 0 Å². The Balaban J connectivity index is 2.54. The molecular formula is C12H16F2N2O4. The molecule has 0 unspecified atom stereocenters. The van der Waals surface area contributed by atoms with E-state index in [9.17, 15) is 18.9 Å². The molecule has 1 aromatic rings. The number of rotatable bonds is 9. The molecule has 0 saturated heterocycles. The lowest BCUT2D eigenvalue weighted by Crippen LogP contribution is -2.13. The Morgan fingerprint density at radius 1 is 1.45 bits per heavy atom. The van der Waals surface area contributed by atoms with E-state index in [-0.39, 0.29) is 18.0 Å². The Labute approximate surface area is 114 Å². The smallest absolute Gasteiger partial charge is 0.311 e. The first-order valence-electron chi connectivity index (χ1n) is 6.05. The maximum Gasteiger partial charge on any atom is 0.311 e. The number of alkyl halides is 2. The van der Waals surface area contributed by atoms with Crippen molar-refractivity contribution in [1.82, 2.24) is 0 Å². The quantitative estimate of drug-likeness (QED) is 0.430. The van der Waals surface area contributed by atoms with Crippen molar-refractivity contribution >= 4 is 11.4 Å². The molecule has 0 aliphatic rings. The molecule has 1 aromatic carbocycles. The van der Waals surface area contributed by atoms with Gasteiger partial charge in [0.25, 0.3) is 6.43 Å². The van der Waals surface area contributed by atoms with Gasteiger partial charge in [0.15, 0.2) is 5.75 Å². The minimum absolute atomic E-state index is 0.116. The number of nitro benzene ring substituents is 1. The highest BCUT2D eigenvalue weighted by atomic mass is 19.3. The maximum atomic E-state index is 11.8. The lowest BCUT2D eigenvalue weighted by molar-refractivity contribution is -0.385. The number of nitrogens with one attached hydrogen (secondary N) is 1. The zero-order valence-electron chi connectivity index (χ0n) is 11.0. The molecule has 8 heteroatoms. The van der Waals surface area contributed by atoms with Gasteiger partial charge >= 0.3 is 5.69 Å². The van der Waals surface area contributed by atoms with Crippen molar-refractivity contribution in [3.8, 4) is 5.75 Å². The van der Waals surface area contributed by atoms with Crippen LogP contribution in [0.1, 0.15) is 6.92 Å². The summed E-state index contributed by atoms with van der Waals surface area (Å²) in [6.07, 6.45) is -2.49. The second kappa shape index (κ2) is 8.26. The topological polar surface area (TPSA) is 73.6 Å². The van der Waals surface area contributed by atoms with Crippen LogP contribution in [-0.4, -0.2) is 37.7 Å². The average Bonchev–Trinajstić information content (AvgIpc) is 2.38. The molecule has 6 nitrogen and oxygen atoms in total. The minimum atomic E-state index is -2.49. The van der Waals surface area contributed by atoms with Crippen LogP contribution in [0.5, 0.6) is 5.75 Å². The van der Waals surface area contributed by atoms with Gasteiger partial charge in [-0.05, 0) is 13.0 Å². The minimum Gasteiger partial charge on any atom is -0.487 e. The molecule has 0 heterocycles. The van der Waals surface area contributed by atoms with Gasteiger partial charge in [-0.3, -0.25) is 10.1 Å². The SMILES string of the molecule is CCOc1cc(NCCOCC(F)F)ccc1[N+](=O)[O-]. The predicted molar refractivity (Wildman–Crippen MR) is 69.6 cm³/mol. The summed E-state index contributed by atoms with van der Waals surface area (Å²) in [5.74, 6) is 0.163. The van der Waals surface area contributed by atoms with E-state index in [1.165, 1.54) is 18.2 Å². The molecule has 0 spiro atoms.